The van der Waals surface area contributed by atoms with E-state index < -0.39 is 5.54 Å². The second-order valence-electron chi connectivity index (χ2n) is 6.41. The summed E-state index contributed by atoms with van der Waals surface area (Å²) in [4.78, 5) is 17.9. The Morgan fingerprint density at radius 2 is 1.96 bits per heavy atom. The zero-order chi connectivity index (χ0) is 16.0. The first-order valence-electron chi connectivity index (χ1n) is 7.79. The lowest BCUT2D eigenvalue weighted by Crippen LogP contribution is -2.54. The van der Waals surface area contributed by atoms with E-state index in [0.717, 1.165) is 28.8 Å². The van der Waals surface area contributed by atoms with Crippen LogP contribution in [0, 0.1) is 0 Å². The van der Waals surface area contributed by atoms with Gasteiger partial charge in [-0.3, -0.25) is 9.78 Å². The van der Waals surface area contributed by atoms with Crippen LogP contribution in [0.4, 0.5) is 5.69 Å². The van der Waals surface area contributed by atoms with Crippen LogP contribution in [0.2, 0.25) is 0 Å². The highest BCUT2D eigenvalue weighted by Crippen LogP contribution is 2.33. The highest BCUT2D eigenvalue weighted by atomic mass is 35.5. The van der Waals surface area contributed by atoms with Gasteiger partial charge in [-0.25, -0.2) is 0 Å². The topological polar surface area (TPSA) is 68.5 Å². The van der Waals surface area contributed by atoms with E-state index >= 15 is 0 Å². The highest BCUT2D eigenvalue weighted by molar-refractivity contribution is 5.96. The van der Waals surface area contributed by atoms with Crippen LogP contribution in [0.15, 0.2) is 36.7 Å². The molecule has 0 saturated carbocycles. The van der Waals surface area contributed by atoms with Crippen LogP contribution in [-0.4, -0.2) is 31.2 Å². The third kappa shape index (κ3) is 2.69. The summed E-state index contributed by atoms with van der Waals surface area (Å²) in [6.07, 6.45) is 5.02. The van der Waals surface area contributed by atoms with Gasteiger partial charge in [-0.05, 0) is 41.3 Å². The van der Waals surface area contributed by atoms with Crippen molar-refractivity contribution in [2.45, 2.75) is 18.4 Å². The molecule has 3 heterocycles. The van der Waals surface area contributed by atoms with Crippen molar-refractivity contribution in [3.63, 3.8) is 0 Å². The molecule has 2 aromatic rings. The van der Waals surface area contributed by atoms with Crippen LogP contribution in [0.5, 0.6) is 0 Å². The van der Waals surface area contributed by atoms with Crippen LogP contribution in [0.25, 0.3) is 11.1 Å². The first kappa shape index (κ1) is 16.9. The highest BCUT2D eigenvalue weighted by Gasteiger charge is 2.36. The number of pyridine rings is 1. The van der Waals surface area contributed by atoms with Gasteiger partial charge < -0.3 is 15.4 Å². The van der Waals surface area contributed by atoms with Crippen molar-refractivity contribution in [3.8, 4) is 11.1 Å². The van der Waals surface area contributed by atoms with Crippen LogP contribution in [0.1, 0.15) is 17.5 Å². The molecule has 0 radical (unpaired) electrons. The molecule has 1 fully saturated rings. The molecule has 2 aliphatic heterocycles. The molecule has 126 valence electrons. The number of hydrogen-bond acceptors (Lipinski definition) is 4. The van der Waals surface area contributed by atoms with E-state index in [9.17, 15) is 4.79 Å². The molecule has 4 rings (SSSR count). The molecule has 1 aromatic carbocycles. The fraction of sp³-hybridized carbons (Fsp3) is 0.333. The Balaban J connectivity index is 0.00000169. The van der Waals surface area contributed by atoms with Crippen molar-refractivity contribution in [3.05, 3.63) is 47.8 Å². The number of carbonyl (C=O) groups is 1. The molecule has 0 spiro atoms. The van der Waals surface area contributed by atoms with Gasteiger partial charge in [0.05, 0.1) is 18.8 Å². The number of rotatable bonds is 2. The van der Waals surface area contributed by atoms with E-state index in [1.807, 2.05) is 31.6 Å². The van der Waals surface area contributed by atoms with Crippen molar-refractivity contribution >= 4 is 24.0 Å². The van der Waals surface area contributed by atoms with E-state index in [1.165, 1.54) is 5.56 Å². The van der Waals surface area contributed by atoms with Crippen molar-refractivity contribution in [1.29, 1.82) is 0 Å². The predicted molar refractivity (Wildman–Crippen MR) is 95.3 cm³/mol. The van der Waals surface area contributed by atoms with E-state index in [1.54, 1.807) is 4.90 Å². The summed E-state index contributed by atoms with van der Waals surface area (Å²) < 4.78 is 5.24. The number of halogens is 1. The monoisotopic (exact) mass is 345 g/mol. The third-order valence-electron chi connectivity index (χ3n) is 4.79. The molecule has 6 heteroatoms. The number of fused-ring (bicyclic) bond motifs is 1. The van der Waals surface area contributed by atoms with Crippen molar-refractivity contribution in [2.24, 2.45) is 5.73 Å². The summed E-state index contributed by atoms with van der Waals surface area (Å²) in [6, 6.07) is 8.29. The molecular weight excluding hydrogens is 326 g/mol. The summed E-state index contributed by atoms with van der Waals surface area (Å²) in [5.74, 6) is 0.170. The van der Waals surface area contributed by atoms with Gasteiger partial charge in [0.2, 0.25) is 5.91 Å². The standard InChI is InChI=1S/C18H19N3O2.ClH/c1-21-16-4-2-12(6-13(16)3-5-17(21)22)14-7-15(9-20-8-14)18(19)10-23-11-18;/h2,4,6-9H,3,5,10-11,19H2,1H3;1H. The molecule has 0 aliphatic carbocycles. The van der Waals surface area contributed by atoms with Gasteiger partial charge in [0.25, 0.3) is 0 Å². The smallest absolute Gasteiger partial charge is 0.227 e. The zero-order valence-electron chi connectivity index (χ0n) is 13.5. The molecular formula is C18H20ClN3O2. The molecule has 0 atom stereocenters. The average Bonchev–Trinajstić information content (AvgIpc) is 2.56. The summed E-state index contributed by atoms with van der Waals surface area (Å²) in [5, 5.41) is 0. The van der Waals surface area contributed by atoms with Gasteiger partial charge in [0.1, 0.15) is 0 Å². The predicted octanol–water partition coefficient (Wildman–Crippen LogP) is 2.26. The van der Waals surface area contributed by atoms with Crippen molar-refractivity contribution in [2.75, 3.05) is 25.2 Å². The Morgan fingerprint density at radius 3 is 2.67 bits per heavy atom. The maximum atomic E-state index is 11.8. The number of anilines is 1. The fourth-order valence-corrected chi connectivity index (χ4v) is 3.19. The van der Waals surface area contributed by atoms with E-state index in [4.69, 9.17) is 10.5 Å². The number of aryl methyl sites for hydroxylation is 1. The Hall–Kier alpha value is -1.95. The van der Waals surface area contributed by atoms with E-state index in [-0.39, 0.29) is 18.3 Å². The number of nitrogens with two attached hydrogens (primary N) is 1. The quantitative estimate of drug-likeness (QED) is 0.906. The molecule has 1 aromatic heterocycles. The van der Waals surface area contributed by atoms with Crippen LogP contribution in [0.3, 0.4) is 0 Å². The van der Waals surface area contributed by atoms with Crippen molar-refractivity contribution < 1.29 is 9.53 Å². The lowest BCUT2D eigenvalue weighted by atomic mass is 9.88. The van der Waals surface area contributed by atoms with Crippen LogP contribution >= 0.6 is 12.4 Å². The van der Waals surface area contributed by atoms with E-state index in [0.29, 0.717) is 19.6 Å². The minimum Gasteiger partial charge on any atom is -0.377 e. The number of amides is 1. The van der Waals surface area contributed by atoms with Crippen LogP contribution < -0.4 is 10.6 Å². The van der Waals surface area contributed by atoms with Gasteiger partial charge in [0, 0.05) is 37.1 Å². The largest absolute Gasteiger partial charge is 0.377 e. The van der Waals surface area contributed by atoms with Gasteiger partial charge in [-0.1, -0.05) is 6.07 Å². The third-order valence-corrected chi connectivity index (χ3v) is 4.79. The Morgan fingerprint density at radius 1 is 1.17 bits per heavy atom. The molecule has 24 heavy (non-hydrogen) atoms. The van der Waals surface area contributed by atoms with Gasteiger partial charge in [-0.15, -0.1) is 12.4 Å². The van der Waals surface area contributed by atoms with Gasteiger partial charge in [-0.2, -0.15) is 0 Å². The Kier molecular flexibility index (Phi) is 4.34. The van der Waals surface area contributed by atoms with Crippen LogP contribution in [-0.2, 0) is 21.5 Å². The van der Waals surface area contributed by atoms with Gasteiger partial charge >= 0.3 is 0 Å². The second kappa shape index (κ2) is 6.16. The average molecular weight is 346 g/mol. The molecule has 5 nitrogen and oxygen atoms in total. The van der Waals surface area contributed by atoms with Gasteiger partial charge in [0.15, 0.2) is 0 Å². The lowest BCUT2D eigenvalue weighted by Gasteiger charge is -2.38. The summed E-state index contributed by atoms with van der Waals surface area (Å²) in [5.41, 5.74) is 11.2. The molecule has 1 saturated heterocycles. The minimum absolute atomic E-state index is 0. The molecule has 2 N–H and O–H groups in total. The molecule has 1 amide bonds. The van der Waals surface area contributed by atoms with E-state index in [2.05, 4.69) is 17.1 Å². The fourth-order valence-electron chi connectivity index (χ4n) is 3.19. The number of ether oxygens (including phenoxy) is 1. The summed E-state index contributed by atoms with van der Waals surface area (Å²) in [7, 11) is 1.83. The zero-order valence-corrected chi connectivity index (χ0v) is 14.3. The lowest BCUT2D eigenvalue weighted by molar-refractivity contribution is -0.118. The number of aromatic nitrogens is 1. The number of carbonyl (C=O) groups excluding carboxylic acids is 1. The molecule has 0 unspecified atom stereocenters. The Labute approximate surface area is 147 Å². The molecule has 2 aliphatic rings. The second-order valence-corrected chi connectivity index (χ2v) is 6.41. The maximum Gasteiger partial charge on any atom is 0.227 e. The number of hydrogen-bond donors (Lipinski definition) is 1. The first-order chi connectivity index (χ1) is 11.1. The first-order valence-corrected chi connectivity index (χ1v) is 7.79. The minimum atomic E-state index is -0.413. The summed E-state index contributed by atoms with van der Waals surface area (Å²) in [6.45, 7) is 1.07. The summed E-state index contributed by atoms with van der Waals surface area (Å²) >= 11 is 0. The SMILES string of the molecule is CN1C(=O)CCc2cc(-c3cncc(C4(N)COC4)c3)ccc21.Cl. The number of benzene rings is 1. The Bertz CT molecular complexity index is 790. The van der Waals surface area contributed by atoms with Crippen molar-refractivity contribution in [1.82, 2.24) is 4.98 Å². The maximum absolute atomic E-state index is 11.8. The number of nitrogens with zero attached hydrogens (tertiary/aromatic N) is 2. The molecule has 0 bridgehead atoms. The normalized spacial score (nSPS) is 18.4.